The summed E-state index contributed by atoms with van der Waals surface area (Å²) in [6.07, 6.45) is 2.74. The summed E-state index contributed by atoms with van der Waals surface area (Å²) in [6.45, 7) is 1.78. The van der Waals surface area contributed by atoms with Crippen molar-refractivity contribution in [2.24, 2.45) is 0 Å². The minimum atomic E-state index is -0.492. The predicted octanol–water partition coefficient (Wildman–Crippen LogP) is 2.94. The molecule has 2 aromatic carbocycles. The number of carbonyl (C=O) groups is 2. The maximum absolute atomic E-state index is 12.3. The Kier molecular flexibility index (Phi) is 6.02. The summed E-state index contributed by atoms with van der Waals surface area (Å²) in [6, 6.07) is 19.5. The summed E-state index contributed by atoms with van der Waals surface area (Å²) in [7, 11) is 0. The third-order valence-corrected chi connectivity index (χ3v) is 4.48. The van der Waals surface area contributed by atoms with E-state index in [0.29, 0.717) is 0 Å². The number of hydrogen-bond acceptors (Lipinski definition) is 3. The van der Waals surface area contributed by atoms with Crippen LogP contribution in [0.2, 0.25) is 0 Å². The van der Waals surface area contributed by atoms with Gasteiger partial charge in [-0.3, -0.25) is 15.4 Å². The molecular weight excluding hydrogens is 326 g/mol. The second-order valence-corrected chi connectivity index (χ2v) is 6.78. The quantitative estimate of drug-likeness (QED) is 0.718. The van der Waals surface area contributed by atoms with Crippen LogP contribution in [0.4, 0.5) is 4.79 Å². The van der Waals surface area contributed by atoms with Gasteiger partial charge in [0.15, 0.2) is 0 Å². The molecule has 0 bridgehead atoms. The van der Waals surface area contributed by atoms with Gasteiger partial charge in [-0.05, 0) is 37.3 Å². The normalized spacial score (nSPS) is 15.7. The Morgan fingerprint density at radius 2 is 1.62 bits per heavy atom. The molecule has 0 unspecified atom stereocenters. The number of nitrogens with one attached hydrogen (secondary N) is 3. The van der Waals surface area contributed by atoms with Crippen LogP contribution in [0.1, 0.15) is 36.9 Å². The Hall–Kier alpha value is -2.66. The van der Waals surface area contributed by atoms with E-state index >= 15 is 0 Å². The third-order valence-electron chi connectivity index (χ3n) is 4.48. The third kappa shape index (κ3) is 5.43. The molecule has 5 heteroatoms. The summed E-state index contributed by atoms with van der Waals surface area (Å²) < 4.78 is 0. The first kappa shape index (κ1) is 18.1. The predicted molar refractivity (Wildman–Crippen MR) is 102 cm³/mol. The zero-order chi connectivity index (χ0) is 18.4. The molecule has 0 spiro atoms. The van der Waals surface area contributed by atoms with E-state index in [4.69, 9.17) is 0 Å². The van der Waals surface area contributed by atoms with E-state index in [0.717, 1.165) is 24.8 Å². The van der Waals surface area contributed by atoms with Crippen LogP contribution in [0.25, 0.3) is 0 Å². The van der Waals surface area contributed by atoms with Gasteiger partial charge >= 0.3 is 6.03 Å². The average Bonchev–Trinajstić information content (AvgIpc) is 3.46. The number of rotatable bonds is 7. The molecule has 0 aliphatic heterocycles. The molecule has 3 amide bonds. The SMILES string of the molecule is C[C@@H](N[C@@H](Cc1ccccc1)c1ccccc1)C(=O)NC(=O)NC1CC1. The van der Waals surface area contributed by atoms with E-state index < -0.39 is 12.1 Å². The summed E-state index contributed by atoms with van der Waals surface area (Å²) in [5.74, 6) is -0.322. The zero-order valence-electron chi connectivity index (χ0n) is 14.9. The van der Waals surface area contributed by atoms with Gasteiger partial charge in [-0.2, -0.15) is 0 Å². The fourth-order valence-corrected chi connectivity index (χ4v) is 2.85. The van der Waals surface area contributed by atoms with Crippen molar-refractivity contribution in [2.75, 3.05) is 0 Å². The van der Waals surface area contributed by atoms with Crippen molar-refractivity contribution in [1.29, 1.82) is 0 Å². The van der Waals surface area contributed by atoms with E-state index in [1.807, 2.05) is 48.5 Å². The molecule has 0 heterocycles. The minimum absolute atomic E-state index is 0.0224. The zero-order valence-corrected chi connectivity index (χ0v) is 14.9. The van der Waals surface area contributed by atoms with Crippen molar-refractivity contribution in [2.45, 2.75) is 44.3 Å². The Morgan fingerprint density at radius 3 is 2.23 bits per heavy atom. The van der Waals surface area contributed by atoms with Gasteiger partial charge in [-0.25, -0.2) is 4.79 Å². The molecule has 26 heavy (non-hydrogen) atoms. The molecule has 136 valence electrons. The van der Waals surface area contributed by atoms with Crippen LogP contribution in [0, 0.1) is 0 Å². The lowest BCUT2D eigenvalue weighted by Crippen LogP contribution is -2.49. The highest BCUT2D eigenvalue weighted by molar-refractivity contribution is 5.97. The van der Waals surface area contributed by atoms with Gasteiger partial charge in [0, 0.05) is 12.1 Å². The Bertz CT molecular complexity index is 729. The highest BCUT2D eigenvalue weighted by Gasteiger charge is 2.25. The highest BCUT2D eigenvalue weighted by atomic mass is 16.2. The Labute approximate surface area is 154 Å². The van der Waals surface area contributed by atoms with Gasteiger partial charge in [-0.15, -0.1) is 0 Å². The van der Waals surface area contributed by atoms with E-state index in [1.165, 1.54) is 5.56 Å². The van der Waals surface area contributed by atoms with Gasteiger partial charge in [-0.1, -0.05) is 60.7 Å². The Morgan fingerprint density at radius 1 is 1.00 bits per heavy atom. The van der Waals surface area contributed by atoms with E-state index in [2.05, 4.69) is 28.1 Å². The molecule has 1 fully saturated rings. The average molecular weight is 351 g/mol. The lowest BCUT2D eigenvalue weighted by atomic mass is 9.98. The van der Waals surface area contributed by atoms with Crippen molar-refractivity contribution in [3.63, 3.8) is 0 Å². The van der Waals surface area contributed by atoms with E-state index in [1.54, 1.807) is 6.92 Å². The maximum atomic E-state index is 12.3. The number of amides is 3. The van der Waals surface area contributed by atoms with E-state index in [9.17, 15) is 9.59 Å². The van der Waals surface area contributed by atoms with Crippen molar-refractivity contribution >= 4 is 11.9 Å². The summed E-state index contributed by atoms with van der Waals surface area (Å²) in [5.41, 5.74) is 2.30. The first-order valence-electron chi connectivity index (χ1n) is 9.08. The fraction of sp³-hybridized carbons (Fsp3) is 0.333. The van der Waals surface area contributed by atoms with Crippen LogP contribution in [-0.2, 0) is 11.2 Å². The van der Waals surface area contributed by atoms with E-state index in [-0.39, 0.29) is 18.0 Å². The lowest BCUT2D eigenvalue weighted by molar-refractivity contribution is -0.121. The van der Waals surface area contributed by atoms with Crippen molar-refractivity contribution in [3.8, 4) is 0 Å². The molecule has 3 N–H and O–H groups in total. The molecule has 1 aliphatic rings. The molecule has 1 aliphatic carbocycles. The lowest BCUT2D eigenvalue weighted by Gasteiger charge is -2.23. The summed E-state index contributed by atoms with van der Waals surface area (Å²) >= 11 is 0. The molecule has 0 aromatic heterocycles. The monoisotopic (exact) mass is 351 g/mol. The van der Waals surface area contributed by atoms with Gasteiger partial charge in [0.25, 0.3) is 0 Å². The van der Waals surface area contributed by atoms with Gasteiger partial charge < -0.3 is 5.32 Å². The topological polar surface area (TPSA) is 70.2 Å². The van der Waals surface area contributed by atoms with Crippen molar-refractivity contribution < 1.29 is 9.59 Å². The van der Waals surface area contributed by atoms with Crippen molar-refractivity contribution in [1.82, 2.24) is 16.0 Å². The van der Waals surface area contributed by atoms with Crippen LogP contribution in [-0.4, -0.2) is 24.0 Å². The smallest absolute Gasteiger partial charge is 0.321 e. The number of carbonyl (C=O) groups excluding carboxylic acids is 2. The van der Waals surface area contributed by atoms with Crippen LogP contribution >= 0.6 is 0 Å². The number of urea groups is 1. The van der Waals surface area contributed by atoms with Gasteiger partial charge in [0.1, 0.15) is 0 Å². The van der Waals surface area contributed by atoms with Crippen LogP contribution in [0.3, 0.4) is 0 Å². The molecule has 5 nitrogen and oxygen atoms in total. The molecular formula is C21H25N3O2. The Balaban J connectivity index is 1.64. The largest absolute Gasteiger partial charge is 0.335 e. The van der Waals surface area contributed by atoms with Crippen LogP contribution < -0.4 is 16.0 Å². The fourth-order valence-electron chi connectivity index (χ4n) is 2.85. The van der Waals surface area contributed by atoms with Crippen molar-refractivity contribution in [3.05, 3.63) is 71.8 Å². The highest BCUT2D eigenvalue weighted by Crippen LogP contribution is 2.19. The molecule has 0 saturated heterocycles. The van der Waals surface area contributed by atoms with Gasteiger partial charge in [0.05, 0.1) is 6.04 Å². The first-order valence-corrected chi connectivity index (χ1v) is 9.08. The maximum Gasteiger partial charge on any atom is 0.321 e. The summed E-state index contributed by atoms with van der Waals surface area (Å²) in [5, 5.41) is 8.55. The molecule has 2 aromatic rings. The second-order valence-electron chi connectivity index (χ2n) is 6.78. The molecule has 2 atom stereocenters. The number of hydrogen-bond donors (Lipinski definition) is 3. The van der Waals surface area contributed by atoms with Crippen LogP contribution in [0.15, 0.2) is 60.7 Å². The standard InChI is InChI=1S/C21H25N3O2/c1-15(20(25)24-21(26)23-18-12-13-18)22-19(17-10-6-3-7-11-17)14-16-8-4-2-5-9-16/h2-11,15,18-19,22H,12-14H2,1H3,(H2,23,24,25,26)/t15-,19+/m1/s1. The molecule has 3 rings (SSSR count). The minimum Gasteiger partial charge on any atom is -0.335 e. The number of imide groups is 1. The second kappa shape index (κ2) is 8.63. The number of benzene rings is 2. The van der Waals surface area contributed by atoms with Gasteiger partial charge in [0.2, 0.25) is 5.91 Å². The van der Waals surface area contributed by atoms with Crippen LogP contribution in [0.5, 0.6) is 0 Å². The molecule has 0 radical (unpaired) electrons. The first-order chi connectivity index (χ1) is 12.6. The summed E-state index contributed by atoms with van der Waals surface area (Å²) in [4.78, 5) is 24.1. The molecule has 1 saturated carbocycles.